The first kappa shape index (κ1) is 12.7. The third kappa shape index (κ3) is 3.50. The first-order chi connectivity index (χ1) is 5.52. The van der Waals surface area contributed by atoms with E-state index in [0.717, 1.165) is 5.30 Å². The summed E-state index contributed by atoms with van der Waals surface area (Å²) in [6.07, 6.45) is 0. The van der Waals surface area contributed by atoms with E-state index in [1.54, 1.807) is 0 Å². The minimum absolute atomic E-state index is 0. The Bertz CT molecular complexity index is 243. The van der Waals surface area contributed by atoms with Crippen LogP contribution in [0.25, 0.3) is 0 Å². The second kappa shape index (κ2) is 4.78. The topological polar surface area (TPSA) is 20.2 Å². The van der Waals surface area contributed by atoms with Gasteiger partial charge < -0.3 is 4.89 Å². The van der Waals surface area contributed by atoms with Crippen molar-refractivity contribution in [3.63, 3.8) is 0 Å². The highest BCUT2D eigenvalue weighted by atomic mass is 31.1. The average Bonchev–Trinajstić information content (AvgIpc) is 2.03. The molecule has 0 aliphatic rings. The summed E-state index contributed by atoms with van der Waals surface area (Å²) < 4.78 is 0. The first-order valence-corrected chi connectivity index (χ1v) is 5.35. The highest BCUT2D eigenvalue weighted by molar-refractivity contribution is 7.61. The normalized spacial score (nSPS) is 13.2. The molecule has 13 heavy (non-hydrogen) atoms. The fraction of sp³-hybridized carbons (Fsp3) is 0.400. The van der Waals surface area contributed by atoms with Gasteiger partial charge in [0.2, 0.25) is 0 Å². The van der Waals surface area contributed by atoms with Crippen LogP contribution in [0.15, 0.2) is 30.3 Å². The third-order valence-electron chi connectivity index (χ3n) is 1.64. The van der Waals surface area contributed by atoms with E-state index in [9.17, 15) is 4.89 Å². The summed E-state index contributed by atoms with van der Waals surface area (Å²) in [7, 11) is -1.02. The van der Waals surface area contributed by atoms with Crippen molar-refractivity contribution < 1.29 is 4.89 Å². The van der Waals surface area contributed by atoms with E-state index in [2.05, 4.69) is 20.8 Å². The summed E-state index contributed by atoms with van der Waals surface area (Å²) in [6, 6.07) is 9.86. The molecule has 0 spiro atoms. The molecule has 1 rings (SSSR count). The van der Waals surface area contributed by atoms with Crippen LogP contribution in [0.4, 0.5) is 0 Å². The molecule has 0 fully saturated rings. The Morgan fingerprint density at radius 1 is 1.08 bits per heavy atom. The van der Waals surface area contributed by atoms with Crippen LogP contribution in [0.2, 0.25) is 0 Å². The van der Waals surface area contributed by atoms with Crippen molar-refractivity contribution in [3.8, 4) is 0 Å². The van der Waals surface area contributed by atoms with Crippen molar-refractivity contribution in [2.75, 3.05) is 0 Å². The summed E-state index contributed by atoms with van der Waals surface area (Å²) >= 11 is 0. The van der Waals surface area contributed by atoms with Gasteiger partial charge in [-0.15, -0.1) is 0 Å². The Kier molecular flexibility index (Phi) is 4.67. The molecular formula is C10H15BOP. The lowest BCUT2D eigenvalue weighted by Crippen LogP contribution is -2.18. The van der Waals surface area contributed by atoms with E-state index in [1.165, 1.54) is 0 Å². The zero-order chi connectivity index (χ0) is 9.19. The number of hydrogen-bond donors (Lipinski definition) is 1. The molecule has 0 unspecified atom stereocenters. The van der Waals surface area contributed by atoms with Crippen LogP contribution in [0, 0.1) is 0 Å². The molecule has 0 saturated heterocycles. The van der Waals surface area contributed by atoms with Crippen molar-refractivity contribution >= 4 is 21.9 Å². The molecule has 0 bridgehead atoms. The summed E-state index contributed by atoms with van der Waals surface area (Å²) in [6.45, 7) is 6.18. The van der Waals surface area contributed by atoms with Gasteiger partial charge in [-0.25, -0.2) is 0 Å². The van der Waals surface area contributed by atoms with Gasteiger partial charge in [0.15, 0.2) is 0 Å². The van der Waals surface area contributed by atoms with Crippen LogP contribution in [0.5, 0.6) is 0 Å². The number of benzene rings is 1. The van der Waals surface area contributed by atoms with Crippen LogP contribution >= 0.6 is 8.15 Å². The fourth-order valence-corrected chi connectivity index (χ4v) is 2.19. The zero-order valence-electron chi connectivity index (χ0n) is 8.36. The molecule has 3 heteroatoms. The Morgan fingerprint density at radius 3 is 1.92 bits per heavy atom. The van der Waals surface area contributed by atoms with Crippen LogP contribution < -0.4 is 5.30 Å². The lowest BCUT2D eigenvalue weighted by atomic mass is 10.3. The smallest absolute Gasteiger partial charge is 0.0618 e. The largest absolute Gasteiger partial charge is 0.368 e. The van der Waals surface area contributed by atoms with Crippen molar-refractivity contribution in [2.45, 2.75) is 25.9 Å². The molecule has 0 aliphatic heterocycles. The molecule has 0 saturated carbocycles. The molecule has 1 nitrogen and oxygen atoms in total. The molecule has 0 amide bonds. The van der Waals surface area contributed by atoms with E-state index in [1.807, 2.05) is 30.3 Å². The molecule has 0 aliphatic carbocycles. The SMILES string of the molecule is CC(C)(C)[P@](O)c1ccccc1.[B]. The maximum absolute atomic E-state index is 9.92. The van der Waals surface area contributed by atoms with Crippen LogP contribution in [-0.4, -0.2) is 18.5 Å². The van der Waals surface area contributed by atoms with E-state index in [0.29, 0.717) is 0 Å². The van der Waals surface area contributed by atoms with Gasteiger partial charge in [0.05, 0.1) is 8.15 Å². The van der Waals surface area contributed by atoms with Crippen LogP contribution in [-0.2, 0) is 0 Å². The molecule has 1 atom stereocenters. The average molecular weight is 193 g/mol. The monoisotopic (exact) mass is 193 g/mol. The van der Waals surface area contributed by atoms with Crippen LogP contribution in [0.3, 0.4) is 0 Å². The number of hydrogen-bond acceptors (Lipinski definition) is 1. The third-order valence-corrected chi connectivity index (χ3v) is 3.69. The Balaban J connectivity index is 0.00000144. The van der Waals surface area contributed by atoms with Gasteiger partial charge in [-0.2, -0.15) is 0 Å². The van der Waals surface area contributed by atoms with Crippen molar-refractivity contribution in [3.05, 3.63) is 30.3 Å². The lowest BCUT2D eigenvalue weighted by molar-refractivity contribution is 0.589. The highest BCUT2D eigenvalue weighted by Crippen LogP contribution is 2.43. The van der Waals surface area contributed by atoms with E-state index < -0.39 is 8.15 Å². The summed E-state index contributed by atoms with van der Waals surface area (Å²) in [5, 5.41) is 1.04. The zero-order valence-corrected chi connectivity index (χ0v) is 9.25. The standard InChI is InChI=1S/C10H15OP.B/c1-10(2,3)12(11)9-7-5-4-6-8-9;/h4-8,11H,1-3H3;/t12-;/m1./s1. The summed E-state index contributed by atoms with van der Waals surface area (Å²) in [4.78, 5) is 9.92. The lowest BCUT2D eigenvalue weighted by Gasteiger charge is -2.25. The molecule has 3 radical (unpaired) electrons. The van der Waals surface area contributed by atoms with Crippen molar-refractivity contribution in [1.82, 2.24) is 0 Å². The van der Waals surface area contributed by atoms with Gasteiger partial charge in [0.1, 0.15) is 0 Å². The molecule has 69 valence electrons. The van der Waals surface area contributed by atoms with Crippen molar-refractivity contribution in [1.29, 1.82) is 0 Å². The predicted octanol–water partition coefficient (Wildman–Crippen LogP) is 2.12. The van der Waals surface area contributed by atoms with E-state index in [4.69, 9.17) is 0 Å². The Morgan fingerprint density at radius 2 is 1.54 bits per heavy atom. The molecular weight excluding hydrogens is 178 g/mol. The minimum atomic E-state index is -1.02. The molecule has 1 aromatic rings. The molecule has 1 N–H and O–H groups in total. The predicted molar refractivity (Wildman–Crippen MR) is 60.7 cm³/mol. The summed E-state index contributed by atoms with van der Waals surface area (Å²) in [5.74, 6) is 0. The maximum atomic E-state index is 9.92. The first-order valence-electron chi connectivity index (χ1n) is 4.06. The highest BCUT2D eigenvalue weighted by Gasteiger charge is 2.23. The second-order valence-corrected chi connectivity index (χ2v) is 6.30. The number of rotatable bonds is 1. The summed E-state index contributed by atoms with van der Waals surface area (Å²) in [5.41, 5.74) is 0. The molecule has 0 aromatic heterocycles. The second-order valence-electron chi connectivity index (χ2n) is 3.82. The van der Waals surface area contributed by atoms with Gasteiger partial charge in [0, 0.05) is 18.9 Å². The minimum Gasteiger partial charge on any atom is -0.368 e. The van der Waals surface area contributed by atoms with Gasteiger partial charge in [-0.05, 0) is 0 Å². The Labute approximate surface area is 83.6 Å². The molecule has 1 aromatic carbocycles. The molecule has 0 heterocycles. The van der Waals surface area contributed by atoms with Gasteiger partial charge in [0.25, 0.3) is 0 Å². The van der Waals surface area contributed by atoms with Crippen LogP contribution in [0.1, 0.15) is 20.8 Å². The van der Waals surface area contributed by atoms with E-state index in [-0.39, 0.29) is 13.6 Å². The Hall–Kier alpha value is -0.325. The quantitative estimate of drug-likeness (QED) is 0.534. The van der Waals surface area contributed by atoms with Gasteiger partial charge >= 0.3 is 0 Å². The van der Waals surface area contributed by atoms with E-state index >= 15 is 0 Å². The van der Waals surface area contributed by atoms with Gasteiger partial charge in [-0.3, -0.25) is 0 Å². The fourth-order valence-electron chi connectivity index (χ4n) is 0.956. The van der Waals surface area contributed by atoms with Gasteiger partial charge in [-0.1, -0.05) is 51.1 Å². The maximum Gasteiger partial charge on any atom is 0.0618 e. The van der Waals surface area contributed by atoms with Crippen molar-refractivity contribution in [2.24, 2.45) is 0 Å².